The molecule has 1 fully saturated rings. The summed E-state index contributed by atoms with van der Waals surface area (Å²) in [5.41, 5.74) is 2.12. The molecule has 2 aromatic carbocycles. The van der Waals surface area contributed by atoms with Crippen LogP contribution in [0.2, 0.25) is 0 Å². The summed E-state index contributed by atoms with van der Waals surface area (Å²) in [5, 5.41) is 14.6. The van der Waals surface area contributed by atoms with Gasteiger partial charge in [-0.1, -0.05) is 12.1 Å². The highest BCUT2D eigenvalue weighted by Gasteiger charge is 2.24. The number of aromatic nitrogens is 2. The predicted octanol–water partition coefficient (Wildman–Crippen LogP) is 3.08. The van der Waals surface area contributed by atoms with Crippen molar-refractivity contribution in [2.45, 2.75) is 30.9 Å². The van der Waals surface area contributed by atoms with Gasteiger partial charge in [0.2, 0.25) is 5.95 Å². The first-order valence-electron chi connectivity index (χ1n) is 12.1. The summed E-state index contributed by atoms with van der Waals surface area (Å²) in [6.45, 7) is 5.17. The van der Waals surface area contributed by atoms with E-state index in [1.54, 1.807) is 37.3 Å². The Morgan fingerprint density at radius 3 is 2.55 bits per heavy atom. The molecule has 1 unspecified atom stereocenters. The van der Waals surface area contributed by atoms with Gasteiger partial charge in [-0.2, -0.15) is 0 Å². The Bertz CT molecular complexity index is 1420. The number of carbonyl (C=O) groups is 1. The molecule has 202 valence electrons. The number of benzene rings is 2. The van der Waals surface area contributed by atoms with Crippen molar-refractivity contribution in [3.8, 4) is 22.5 Å². The summed E-state index contributed by atoms with van der Waals surface area (Å²) in [5.74, 6) is -0.213. The molecule has 10 nitrogen and oxygen atoms in total. The zero-order chi connectivity index (χ0) is 27.4. The fourth-order valence-electron chi connectivity index (χ4n) is 4.04. The summed E-state index contributed by atoms with van der Waals surface area (Å²) in [6.07, 6.45) is 0.402. The molecule has 4 rings (SSSR count). The number of anilines is 2. The standard InChI is InChI=1S/C26H30FN5O5S/c1-16-15-37-11-10-32(16)25-30-22(18-4-7-20(8-5-18)29-26(34)28-14-17(2)33)13-23(31-25)21-12-19(27)6-9-24(21)38(3,35)36/h4-9,12-13,16-17,33H,10-11,14-15H2,1-3H3,(H2,28,29,34)/t16-,17?/m0/s1. The number of rotatable bonds is 7. The van der Waals surface area contributed by atoms with Gasteiger partial charge in [0.15, 0.2) is 9.84 Å². The second kappa shape index (κ2) is 11.4. The zero-order valence-electron chi connectivity index (χ0n) is 21.3. The molecular weight excluding hydrogens is 513 g/mol. The molecule has 0 spiro atoms. The van der Waals surface area contributed by atoms with Crippen LogP contribution in [0.25, 0.3) is 22.5 Å². The lowest BCUT2D eigenvalue weighted by Crippen LogP contribution is -2.44. The number of amides is 2. The zero-order valence-corrected chi connectivity index (χ0v) is 22.1. The number of halogens is 1. The minimum absolute atomic E-state index is 0.0273. The highest BCUT2D eigenvalue weighted by molar-refractivity contribution is 7.90. The number of hydrogen-bond donors (Lipinski definition) is 3. The third kappa shape index (κ3) is 6.63. The maximum atomic E-state index is 14.3. The van der Waals surface area contributed by atoms with Crippen molar-refractivity contribution >= 4 is 27.5 Å². The van der Waals surface area contributed by atoms with E-state index < -0.39 is 27.8 Å². The van der Waals surface area contributed by atoms with Crippen LogP contribution in [-0.2, 0) is 14.6 Å². The number of nitrogens with one attached hydrogen (secondary N) is 2. The van der Waals surface area contributed by atoms with Crippen LogP contribution in [0.4, 0.5) is 20.8 Å². The van der Waals surface area contributed by atoms with Gasteiger partial charge >= 0.3 is 6.03 Å². The molecule has 12 heteroatoms. The summed E-state index contributed by atoms with van der Waals surface area (Å²) in [6, 6.07) is 11.5. The number of sulfone groups is 1. The summed E-state index contributed by atoms with van der Waals surface area (Å²) >= 11 is 0. The quantitative estimate of drug-likeness (QED) is 0.387. The first kappa shape index (κ1) is 27.4. The third-order valence-corrected chi connectivity index (χ3v) is 7.11. The Kier molecular flexibility index (Phi) is 8.24. The fraction of sp³-hybridized carbons (Fsp3) is 0.346. The van der Waals surface area contributed by atoms with Crippen molar-refractivity contribution in [2.75, 3.05) is 42.8 Å². The summed E-state index contributed by atoms with van der Waals surface area (Å²) in [7, 11) is -3.67. The smallest absolute Gasteiger partial charge is 0.319 e. The van der Waals surface area contributed by atoms with Crippen LogP contribution < -0.4 is 15.5 Å². The minimum atomic E-state index is -3.67. The van der Waals surface area contributed by atoms with Crippen LogP contribution >= 0.6 is 0 Å². The number of hydrogen-bond acceptors (Lipinski definition) is 8. The van der Waals surface area contributed by atoms with E-state index in [9.17, 15) is 22.7 Å². The molecule has 2 amide bonds. The van der Waals surface area contributed by atoms with Gasteiger partial charge in [0, 0.05) is 36.2 Å². The highest BCUT2D eigenvalue weighted by Crippen LogP contribution is 2.32. The van der Waals surface area contributed by atoms with Gasteiger partial charge in [-0.15, -0.1) is 0 Å². The van der Waals surface area contributed by atoms with Gasteiger partial charge in [-0.05, 0) is 50.2 Å². The van der Waals surface area contributed by atoms with Crippen molar-refractivity contribution in [1.82, 2.24) is 15.3 Å². The Labute approximate surface area is 220 Å². The van der Waals surface area contributed by atoms with E-state index in [0.717, 1.165) is 18.4 Å². The number of aliphatic hydroxyl groups is 1. The Morgan fingerprint density at radius 1 is 1.18 bits per heavy atom. The van der Waals surface area contributed by atoms with Gasteiger partial charge in [-0.25, -0.2) is 27.6 Å². The maximum Gasteiger partial charge on any atom is 0.319 e. The van der Waals surface area contributed by atoms with Crippen LogP contribution in [0, 0.1) is 5.82 Å². The van der Waals surface area contributed by atoms with Crippen LogP contribution in [0.5, 0.6) is 0 Å². The van der Waals surface area contributed by atoms with Gasteiger partial charge < -0.3 is 25.4 Å². The van der Waals surface area contributed by atoms with Crippen LogP contribution in [-0.4, -0.2) is 74.2 Å². The molecule has 3 aromatic rings. The molecule has 2 heterocycles. The topological polar surface area (TPSA) is 134 Å². The molecular formula is C26H30FN5O5S. The van der Waals surface area contributed by atoms with Crippen LogP contribution in [0.15, 0.2) is 53.4 Å². The molecule has 2 atom stereocenters. The highest BCUT2D eigenvalue weighted by atomic mass is 32.2. The van der Waals surface area contributed by atoms with Crippen molar-refractivity contribution in [2.24, 2.45) is 0 Å². The molecule has 1 aliphatic heterocycles. The van der Waals surface area contributed by atoms with Gasteiger partial charge in [0.1, 0.15) is 5.82 Å². The Morgan fingerprint density at radius 2 is 1.89 bits per heavy atom. The number of carbonyl (C=O) groups excluding carboxylic acids is 1. The molecule has 38 heavy (non-hydrogen) atoms. The van der Waals surface area contributed by atoms with Crippen molar-refractivity contribution in [3.05, 3.63) is 54.3 Å². The van der Waals surface area contributed by atoms with Crippen LogP contribution in [0.3, 0.4) is 0 Å². The van der Waals surface area contributed by atoms with E-state index in [1.807, 2.05) is 11.8 Å². The molecule has 0 bridgehead atoms. The Balaban J connectivity index is 1.75. The normalized spacial score (nSPS) is 16.7. The number of urea groups is 1. The van der Waals surface area contributed by atoms with E-state index in [0.29, 0.717) is 42.7 Å². The van der Waals surface area contributed by atoms with E-state index in [2.05, 4.69) is 15.6 Å². The average Bonchev–Trinajstić information content (AvgIpc) is 2.87. The van der Waals surface area contributed by atoms with Crippen LogP contribution in [0.1, 0.15) is 13.8 Å². The van der Waals surface area contributed by atoms with Gasteiger partial charge in [0.25, 0.3) is 0 Å². The molecule has 3 N–H and O–H groups in total. The molecule has 0 saturated carbocycles. The van der Waals surface area contributed by atoms with Gasteiger partial charge in [-0.3, -0.25) is 0 Å². The molecule has 0 aliphatic carbocycles. The van der Waals surface area contributed by atoms with Gasteiger partial charge in [0.05, 0.1) is 41.6 Å². The molecule has 1 saturated heterocycles. The number of ether oxygens (including phenoxy) is 1. The second-order valence-corrected chi connectivity index (χ2v) is 11.2. The lowest BCUT2D eigenvalue weighted by molar-refractivity contribution is 0.0981. The van der Waals surface area contributed by atoms with Crippen molar-refractivity contribution < 1.29 is 27.4 Å². The van der Waals surface area contributed by atoms with E-state index >= 15 is 0 Å². The number of morpholine rings is 1. The number of nitrogens with zero attached hydrogens (tertiary/aromatic N) is 3. The first-order chi connectivity index (χ1) is 18.0. The second-order valence-electron chi connectivity index (χ2n) is 9.23. The lowest BCUT2D eigenvalue weighted by Gasteiger charge is -2.33. The predicted molar refractivity (Wildman–Crippen MR) is 142 cm³/mol. The van der Waals surface area contributed by atoms with Crippen molar-refractivity contribution in [3.63, 3.8) is 0 Å². The average molecular weight is 544 g/mol. The monoisotopic (exact) mass is 543 g/mol. The van der Waals surface area contributed by atoms with E-state index in [1.165, 1.54) is 6.07 Å². The largest absolute Gasteiger partial charge is 0.392 e. The minimum Gasteiger partial charge on any atom is -0.392 e. The molecule has 1 aromatic heterocycles. The first-order valence-corrected chi connectivity index (χ1v) is 14.0. The summed E-state index contributed by atoms with van der Waals surface area (Å²) < 4.78 is 44.8. The number of aliphatic hydroxyl groups excluding tert-OH is 1. The molecule has 0 radical (unpaired) electrons. The summed E-state index contributed by atoms with van der Waals surface area (Å²) in [4.78, 5) is 23.3. The van der Waals surface area contributed by atoms with E-state index in [4.69, 9.17) is 9.72 Å². The third-order valence-electron chi connectivity index (χ3n) is 5.95. The Hall–Kier alpha value is -3.61. The molecule has 1 aliphatic rings. The lowest BCUT2D eigenvalue weighted by atomic mass is 10.1. The SMILES string of the molecule is CC(O)CNC(=O)Nc1ccc(-c2cc(-c3cc(F)ccc3S(C)(=O)=O)nc(N3CCOC[C@@H]3C)n2)cc1. The fourth-order valence-corrected chi connectivity index (χ4v) is 4.92. The van der Waals surface area contributed by atoms with Crippen molar-refractivity contribution in [1.29, 1.82) is 0 Å². The van der Waals surface area contributed by atoms with E-state index in [-0.39, 0.29) is 28.7 Å². The maximum absolute atomic E-state index is 14.3.